The Bertz CT molecular complexity index is 707. The molecule has 1 aromatic heterocycles. The second-order valence-electron chi connectivity index (χ2n) is 6.48. The van der Waals surface area contributed by atoms with Gasteiger partial charge in [0.2, 0.25) is 11.8 Å². The van der Waals surface area contributed by atoms with Crippen LogP contribution in [0.5, 0.6) is 0 Å². The van der Waals surface area contributed by atoms with Gasteiger partial charge in [-0.3, -0.25) is 14.5 Å². The molecule has 3 unspecified atom stereocenters. The number of hydrogen-bond donors (Lipinski definition) is 0. The van der Waals surface area contributed by atoms with Crippen LogP contribution < -0.4 is 0 Å². The second kappa shape index (κ2) is 5.69. The van der Waals surface area contributed by atoms with Gasteiger partial charge >= 0.3 is 0 Å². The minimum atomic E-state index is -0.170. The van der Waals surface area contributed by atoms with Gasteiger partial charge in [0.25, 0.3) is 0 Å². The van der Waals surface area contributed by atoms with Gasteiger partial charge in [-0.25, -0.2) is 0 Å². The lowest BCUT2D eigenvalue weighted by atomic mass is 9.73. The molecule has 1 aliphatic carbocycles. The van der Waals surface area contributed by atoms with Crippen LogP contribution in [0.1, 0.15) is 36.5 Å². The van der Waals surface area contributed by atoms with E-state index < -0.39 is 0 Å². The van der Waals surface area contributed by atoms with Gasteiger partial charge < -0.3 is 4.42 Å². The summed E-state index contributed by atoms with van der Waals surface area (Å²) in [5, 5.41) is 0. The van der Waals surface area contributed by atoms with E-state index in [1.807, 2.05) is 18.2 Å². The number of imide groups is 1. The molecule has 1 saturated heterocycles. The summed E-state index contributed by atoms with van der Waals surface area (Å²) < 4.78 is 5.29. The predicted octanol–water partition coefficient (Wildman–Crippen LogP) is 3.35. The molecule has 1 aliphatic heterocycles. The Hall–Kier alpha value is -2.36. The van der Waals surface area contributed by atoms with Crippen molar-refractivity contribution in [2.24, 2.45) is 11.8 Å². The quantitative estimate of drug-likeness (QED) is 0.817. The van der Waals surface area contributed by atoms with Crippen molar-refractivity contribution in [1.82, 2.24) is 4.90 Å². The van der Waals surface area contributed by atoms with E-state index in [9.17, 15) is 9.59 Å². The zero-order valence-corrected chi connectivity index (χ0v) is 12.9. The van der Waals surface area contributed by atoms with Gasteiger partial charge in [0.1, 0.15) is 5.76 Å². The zero-order valence-electron chi connectivity index (χ0n) is 12.9. The molecule has 4 nitrogen and oxygen atoms in total. The summed E-state index contributed by atoms with van der Waals surface area (Å²) in [6.45, 7) is 0.258. The number of amides is 2. The van der Waals surface area contributed by atoms with E-state index in [1.54, 1.807) is 18.4 Å². The van der Waals surface area contributed by atoms with Crippen LogP contribution in [0.3, 0.4) is 0 Å². The molecular weight excluding hydrogens is 290 g/mol. The van der Waals surface area contributed by atoms with Crippen molar-refractivity contribution in [3.05, 3.63) is 60.1 Å². The molecule has 0 N–H and O–H groups in total. The van der Waals surface area contributed by atoms with Crippen molar-refractivity contribution < 1.29 is 14.0 Å². The molecule has 3 atom stereocenters. The van der Waals surface area contributed by atoms with Crippen LogP contribution in [0.25, 0.3) is 0 Å². The third kappa shape index (κ3) is 2.48. The average Bonchev–Trinajstić information content (AvgIpc) is 3.19. The van der Waals surface area contributed by atoms with E-state index in [-0.39, 0.29) is 30.2 Å². The molecule has 118 valence electrons. The molecule has 1 saturated carbocycles. The highest BCUT2D eigenvalue weighted by atomic mass is 16.3. The first-order valence-corrected chi connectivity index (χ1v) is 8.16. The maximum absolute atomic E-state index is 12.7. The summed E-state index contributed by atoms with van der Waals surface area (Å²) >= 11 is 0. The first-order valence-electron chi connectivity index (χ1n) is 8.16. The summed E-state index contributed by atoms with van der Waals surface area (Å²) in [5.74, 6) is 0.663. The molecule has 2 amide bonds. The number of hydrogen-bond acceptors (Lipinski definition) is 3. The topological polar surface area (TPSA) is 50.5 Å². The van der Waals surface area contributed by atoms with E-state index in [0.717, 1.165) is 19.3 Å². The molecule has 0 radical (unpaired) electrons. The molecule has 2 aliphatic rings. The van der Waals surface area contributed by atoms with Crippen LogP contribution in [0.4, 0.5) is 0 Å². The van der Waals surface area contributed by atoms with Crippen molar-refractivity contribution in [1.29, 1.82) is 0 Å². The lowest BCUT2D eigenvalue weighted by Crippen LogP contribution is -2.30. The summed E-state index contributed by atoms with van der Waals surface area (Å²) in [6, 6.07) is 13.9. The number of benzene rings is 1. The van der Waals surface area contributed by atoms with Crippen molar-refractivity contribution in [3.63, 3.8) is 0 Å². The van der Waals surface area contributed by atoms with Crippen molar-refractivity contribution >= 4 is 11.8 Å². The minimum Gasteiger partial charge on any atom is -0.467 e. The SMILES string of the molecule is O=C1C2CCC(c3ccccc3)CC2C(=O)N1Cc1ccco1. The molecule has 2 heterocycles. The Balaban J connectivity index is 1.53. The van der Waals surface area contributed by atoms with Crippen molar-refractivity contribution in [3.8, 4) is 0 Å². The number of nitrogens with zero attached hydrogens (tertiary/aromatic N) is 1. The lowest BCUT2D eigenvalue weighted by molar-refractivity contribution is -0.140. The number of likely N-dealkylation sites (tertiary alicyclic amines) is 1. The molecule has 0 spiro atoms. The fourth-order valence-electron chi connectivity index (χ4n) is 3.99. The summed E-state index contributed by atoms with van der Waals surface area (Å²) in [6.07, 6.45) is 4.11. The Morgan fingerprint density at radius 3 is 2.48 bits per heavy atom. The third-order valence-corrected chi connectivity index (χ3v) is 5.18. The predicted molar refractivity (Wildman–Crippen MR) is 84.3 cm³/mol. The number of carbonyl (C=O) groups is 2. The standard InChI is InChI=1S/C19H19NO3/c21-18-16-9-8-14(13-5-2-1-3-6-13)11-17(16)19(22)20(18)12-15-7-4-10-23-15/h1-7,10,14,16-17H,8-9,11-12H2. The fourth-order valence-corrected chi connectivity index (χ4v) is 3.99. The Morgan fingerprint density at radius 1 is 0.957 bits per heavy atom. The highest BCUT2D eigenvalue weighted by molar-refractivity contribution is 6.05. The van der Waals surface area contributed by atoms with E-state index in [2.05, 4.69) is 12.1 Å². The Labute approximate surface area is 135 Å². The fraction of sp³-hybridized carbons (Fsp3) is 0.368. The molecule has 2 fully saturated rings. The molecule has 4 heteroatoms. The smallest absolute Gasteiger partial charge is 0.233 e. The van der Waals surface area contributed by atoms with Gasteiger partial charge in [-0.15, -0.1) is 0 Å². The first kappa shape index (κ1) is 14.2. The molecule has 0 bridgehead atoms. The molecule has 1 aromatic carbocycles. The zero-order chi connectivity index (χ0) is 15.8. The normalized spacial score (nSPS) is 27.3. The van der Waals surface area contributed by atoms with Gasteiger partial charge in [-0.2, -0.15) is 0 Å². The van der Waals surface area contributed by atoms with Gasteiger partial charge in [0, 0.05) is 0 Å². The van der Waals surface area contributed by atoms with Crippen molar-refractivity contribution in [2.45, 2.75) is 31.7 Å². The van der Waals surface area contributed by atoms with E-state index in [0.29, 0.717) is 11.7 Å². The summed E-state index contributed by atoms with van der Waals surface area (Å²) in [4.78, 5) is 26.7. The Kier molecular flexibility index (Phi) is 3.52. The number of rotatable bonds is 3. The van der Waals surface area contributed by atoms with Gasteiger partial charge in [-0.05, 0) is 42.9 Å². The number of fused-ring (bicyclic) bond motifs is 1. The maximum Gasteiger partial charge on any atom is 0.233 e. The van der Waals surface area contributed by atoms with Crippen LogP contribution in [0.2, 0.25) is 0 Å². The largest absolute Gasteiger partial charge is 0.467 e. The number of carbonyl (C=O) groups excluding carboxylic acids is 2. The van der Waals surface area contributed by atoms with E-state index in [1.165, 1.54) is 10.5 Å². The number of furan rings is 1. The monoisotopic (exact) mass is 309 g/mol. The average molecular weight is 309 g/mol. The second-order valence-corrected chi connectivity index (χ2v) is 6.48. The van der Waals surface area contributed by atoms with Crippen LogP contribution in [-0.4, -0.2) is 16.7 Å². The van der Waals surface area contributed by atoms with E-state index >= 15 is 0 Å². The highest BCUT2D eigenvalue weighted by Gasteiger charge is 2.50. The summed E-state index contributed by atoms with van der Waals surface area (Å²) in [7, 11) is 0. The van der Waals surface area contributed by atoms with Gasteiger partial charge in [-0.1, -0.05) is 30.3 Å². The van der Waals surface area contributed by atoms with Crippen LogP contribution in [0, 0.1) is 11.8 Å². The van der Waals surface area contributed by atoms with Crippen molar-refractivity contribution in [2.75, 3.05) is 0 Å². The molecular formula is C19H19NO3. The molecule has 2 aromatic rings. The van der Waals surface area contributed by atoms with Crippen LogP contribution in [0.15, 0.2) is 53.1 Å². The molecule has 4 rings (SSSR count). The maximum atomic E-state index is 12.7. The summed E-state index contributed by atoms with van der Waals surface area (Å²) in [5.41, 5.74) is 1.27. The van der Waals surface area contributed by atoms with Gasteiger partial charge in [0.05, 0.1) is 24.6 Å². The third-order valence-electron chi connectivity index (χ3n) is 5.18. The van der Waals surface area contributed by atoms with Gasteiger partial charge in [0.15, 0.2) is 0 Å². The lowest BCUT2D eigenvalue weighted by Gasteiger charge is -2.28. The van der Waals surface area contributed by atoms with Crippen LogP contribution >= 0.6 is 0 Å². The molecule has 23 heavy (non-hydrogen) atoms. The first-order chi connectivity index (χ1) is 11.2. The highest BCUT2D eigenvalue weighted by Crippen LogP contribution is 2.44. The Morgan fingerprint density at radius 2 is 1.74 bits per heavy atom. The minimum absolute atomic E-state index is 0.0251. The van der Waals surface area contributed by atoms with Crippen LogP contribution in [-0.2, 0) is 16.1 Å². The van der Waals surface area contributed by atoms with E-state index in [4.69, 9.17) is 4.42 Å².